The van der Waals surface area contributed by atoms with Gasteiger partial charge in [-0.05, 0) is 33.1 Å². The average molecular weight is 385 g/mol. The second kappa shape index (κ2) is 9.86. The van der Waals surface area contributed by atoms with Gasteiger partial charge in [-0.1, -0.05) is 0 Å². The molecule has 0 bridgehead atoms. The number of carboxylic acids is 1. The molecular formula is C16H27N5O6. The Bertz CT molecular complexity index is 610. The van der Waals surface area contributed by atoms with Gasteiger partial charge in [0.1, 0.15) is 18.1 Å². The minimum atomic E-state index is -1.20. The van der Waals surface area contributed by atoms with Crippen molar-refractivity contribution >= 4 is 29.6 Å². The highest BCUT2D eigenvalue weighted by Crippen LogP contribution is 2.19. The Balaban J connectivity index is 2.64. The van der Waals surface area contributed by atoms with Gasteiger partial charge in [-0.15, -0.1) is 0 Å². The van der Waals surface area contributed by atoms with Crippen molar-refractivity contribution in [2.75, 3.05) is 6.54 Å². The Labute approximate surface area is 156 Å². The Kier molecular flexibility index (Phi) is 8.16. The summed E-state index contributed by atoms with van der Waals surface area (Å²) < 4.78 is 0. The minimum Gasteiger partial charge on any atom is -0.480 e. The Morgan fingerprint density at radius 3 is 2.33 bits per heavy atom. The first-order valence-corrected chi connectivity index (χ1v) is 8.72. The zero-order valence-corrected chi connectivity index (χ0v) is 15.4. The lowest BCUT2D eigenvalue weighted by Crippen LogP contribution is -2.55. The summed E-state index contributed by atoms with van der Waals surface area (Å²) in [6, 6.07) is -3.78. The van der Waals surface area contributed by atoms with E-state index in [0.717, 1.165) is 0 Å². The van der Waals surface area contributed by atoms with Crippen molar-refractivity contribution in [2.45, 2.75) is 63.7 Å². The lowest BCUT2D eigenvalue weighted by atomic mass is 10.1. The van der Waals surface area contributed by atoms with Crippen LogP contribution in [0.5, 0.6) is 0 Å². The fourth-order valence-corrected chi connectivity index (χ4v) is 2.71. The van der Waals surface area contributed by atoms with Crippen molar-refractivity contribution < 1.29 is 29.1 Å². The number of primary amides is 1. The zero-order valence-electron chi connectivity index (χ0n) is 15.4. The number of nitrogens with zero attached hydrogens (tertiary/aromatic N) is 1. The standard InChI is InChI=1S/C16H27N5O6/c1-8(13(23)20-9(2)16(26)27)19-14(24)11-4-3-7-21(11)15(25)10(17)5-6-12(18)22/h8-11H,3-7,17H2,1-2H3,(H2,18,22)(H,19,24)(H,20,23)(H,26,27). The van der Waals surface area contributed by atoms with Crippen LogP contribution in [0.15, 0.2) is 0 Å². The molecule has 0 aromatic heterocycles. The van der Waals surface area contributed by atoms with E-state index < -0.39 is 53.8 Å². The normalized spacial score (nSPS) is 19.7. The molecule has 152 valence electrons. The highest BCUT2D eigenvalue weighted by Gasteiger charge is 2.37. The largest absolute Gasteiger partial charge is 0.480 e. The maximum atomic E-state index is 12.5. The molecule has 1 saturated heterocycles. The van der Waals surface area contributed by atoms with Gasteiger partial charge in [0.25, 0.3) is 0 Å². The number of nitrogens with two attached hydrogens (primary N) is 2. The van der Waals surface area contributed by atoms with E-state index in [0.29, 0.717) is 19.4 Å². The molecule has 4 amide bonds. The number of rotatable bonds is 9. The van der Waals surface area contributed by atoms with Gasteiger partial charge in [0.05, 0.1) is 6.04 Å². The predicted octanol–water partition coefficient (Wildman–Crippen LogP) is -2.34. The van der Waals surface area contributed by atoms with E-state index in [2.05, 4.69) is 10.6 Å². The van der Waals surface area contributed by atoms with E-state index in [-0.39, 0.29) is 12.8 Å². The second-order valence-electron chi connectivity index (χ2n) is 6.60. The van der Waals surface area contributed by atoms with Gasteiger partial charge in [-0.2, -0.15) is 0 Å². The maximum absolute atomic E-state index is 12.5. The van der Waals surface area contributed by atoms with Crippen molar-refractivity contribution in [3.05, 3.63) is 0 Å². The highest BCUT2D eigenvalue weighted by atomic mass is 16.4. The van der Waals surface area contributed by atoms with Crippen LogP contribution >= 0.6 is 0 Å². The van der Waals surface area contributed by atoms with E-state index in [1.165, 1.54) is 18.7 Å². The first kappa shape index (κ1) is 22.4. The first-order chi connectivity index (χ1) is 12.5. The summed E-state index contributed by atoms with van der Waals surface area (Å²) in [5.74, 6) is -3.38. The molecule has 1 rings (SSSR count). The van der Waals surface area contributed by atoms with E-state index in [4.69, 9.17) is 16.6 Å². The number of aliphatic carboxylic acids is 1. The summed E-state index contributed by atoms with van der Waals surface area (Å²) in [7, 11) is 0. The van der Waals surface area contributed by atoms with Gasteiger partial charge >= 0.3 is 5.97 Å². The molecule has 7 N–H and O–H groups in total. The van der Waals surface area contributed by atoms with Gasteiger partial charge in [0.15, 0.2) is 0 Å². The molecule has 1 aliphatic rings. The number of carboxylic acid groups (broad SMARTS) is 1. The topological polar surface area (TPSA) is 185 Å². The van der Waals surface area contributed by atoms with E-state index >= 15 is 0 Å². The number of likely N-dealkylation sites (tertiary alicyclic amines) is 1. The van der Waals surface area contributed by atoms with Crippen molar-refractivity contribution in [1.29, 1.82) is 0 Å². The third kappa shape index (κ3) is 6.51. The van der Waals surface area contributed by atoms with E-state index in [9.17, 15) is 24.0 Å². The predicted molar refractivity (Wildman–Crippen MR) is 94.0 cm³/mol. The molecule has 11 nitrogen and oxygen atoms in total. The van der Waals surface area contributed by atoms with Crippen LogP contribution in [0.3, 0.4) is 0 Å². The van der Waals surface area contributed by atoms with Crippen LogP contribution in [0.4, 0.5) is 0 Å². The molecule has 1 aliphatic heterocycles. The molecular weight excluding hydrogens is 358 g/mol. The number of hydrogen-bond acceptors (Lipinski definition) is 6. The smallest absolute Gasteiger partial charge is 0.325 e. The third-order valence-corrected chi connectivity index (χ3v) is 4.34. The first-order valence-electron chi connectivity index (χ1n) is 8.72. The van der Waals surface area contributed by atoms with Crippen LogP contribution < -0.4 is 22.1 Å². The number of carbonyl (C=O) groups excluding carboxylic acids is 4. The summed E-state index contributed by atoms with van der Waals surface area (Å²) >= 11 is 0. The van der Waals surface area contributed by atoms with Gasteiger partial charge in [-0.25, -0.2) is 0 Å². The molecule has 4 unspecified atom stereocenters. The number of amides is 4. The molecule has 27 heavy (non-hydrogen) atoms. The van der Waals surface area contributed by atoms with Crippen LogP contribution in [0, 0.1) is 0 Å². The Morgan fingerprint density at radius 2 is 1.78 bits per heavy atom. The monoisotopic (exact) mass is 385 g/mol. The molecule has 0 spiro atoms. The zero-order chi connectivity index (χ0) is 20.7. The lowest BCUT2D eigenvalue weighted by molar-refractivity contribution is -0.142. The number of nitrogens with one attached hydrogen (secondary N) is 2. The summed E-state index contributed by atoms with van der Waals surface area (Å²) in [5, 5.41) is 13.6. The molecule has 0 aliphatic carbocycles. The van der Waals surface area contributed by atoms with Crippen molar-refractivity contribution in [3.63, 3.8) is 0 Å². The van der Waals surface area contributed by atoms with Crippen LogP contribution in [-0.4, -0.2) is 70.3 Å². The van der Waals surface area contributed by atoms with Gasteiger partial charge < -0.3 is 32.1 Å². The summed E-state index contributed by atoms with van der Waals surface area (Å²) in [6.45, 7) is 3.07. The molecule has 0 aromatic rings. The van der Waals surface area contributed by atoms with Crippen LogP contribution in [-0.2, 0) is 24.0 Å². The number of carbonyl (C=O) groups is 5. The SMILES string of the molecule is CC(NC(=O)C(C)NC(=O)C1CCCN1C(=O)C(N)CCC(N)=O)C(=O)O. The Morgan fingerprint density at radius 1 is 1.15 bits per heavy atom. The fraction of sp³-hybridized carbons (Fsp3) is 0.688. The van der Waals surface area contributed by atoms with Crippen molar-refractivity contribution in [2.24, 2.45) is 11.5 Å². The molecule has 1 fully saturated rings. The molecule has 0 saturated carbocycles. The fourth-order valence-electron chi connectivity index (χ4n) is 2.71. The molecule has 11 heteroatoms. The number of hydrogen-bond donors (Lipinski definition) is 5. The van der Waals surface area contributed by atoms with E-state index in [1.807, 2.05) is 0 Å². The van der Waals surface area contributed by atoms with Crippen molar-refractivity contribution in [3.8, 4) is 0 Å². The molecule has 4 atom stereocenters. The van der Waals surface area contributed by atoms with Crippen molar-refractivity contribution in [1.82, 2.24) is 15.5 Å². The lowest BCUT2D eigenvalue weighted by Gasteiger charge is -2.27. The Hall–Kier alpha value is -2.69. The average Bonchev–Trinajstić information content (AvgIpc) is 3.08. The quantitative estimate of drug-likeness (QED) is 0.294. The molecule has 0 radical (unpaired) electrons. The maximum Gasteiger partial charge on any atom is 0.325 e. The summed E-state index contributed by atoms with van der Waals surface area (Å²) in [5.41, 5.74) is 10.8. The van der Waals surface area contributed by atoms with Gasteiger partial charge in [0, 0.05) is 13.0 Å². The molecule has 1 heterocycles. The minimum absolute atomic E-state index is 0.0312. The second-order valence-corrected chi connectivity index (χ2v) is 6.60. The van der Waals surface area contributed by atoms with Crippen LogP contribution in [0.25, 0.3) is 0 Å². The molecule has 0 aromatic carbocycles. The highest BCUT2D eigenvalue weighted by molar-refractivity contribution is 5.94. The van der Waals surface area contributed by atoms with Crippen LogP contribution in [0.1, 0.15) is 39.5 Å². The van der Waals surface area contributed by atoms with E-state index in [1.54, 1.807) is 0 Å². The van der Waals surface area contributed by atoms with Gasteiger partial charge in [-0.3, -0.25) is 24.0 Å². The third-order valence-electron chi connectivity index (χ3n) is 4.34. The van der Waals surface area contributed by atoms with Crippen LogP contribution in [0.2, 0.25) is 0 Å². The summed E-state index contributed by atoms with van der Waals surface area (Å²) in [4.78, 5) is 59.8. The van der Waals surface area contributed by atoms with Gasteiger partial charge in [0.2, 0.25) is 23.6 Å². The summed E-state index contributed by atoms with van der Waals surface area (Å²) in [6.07, 6.45) is 1.07.